The van der Waals surface area contributed by atoms with Crippen molar-refractivity contribution in [3.05, 3.63) is 11.4 Å². The van der Waals surface area contributed by atoms with Crippen LogP contribution in [0.15, 0.2) is 0 Å². The van der Waals surface area contributed by atoms with Crippen molar-refractivity contribution in [2.24, 2.45) is 0 Å². The molecule has 7 nitrogen and oxygen atoms in total. The summed E-state index contributed by atoms with van der Waals surface area (Å²) in [5.41, 5.74) is 1.96. The molecule has 0 saturated carbocycles. The number of rotatable bonds is 8. The molecule has 2 rings (SSSR count). The summed E-state index contributed by atoms with van der Waals surface area (Å²) >= 11 is 0. The normalized spacial score (nSPS) is 18.0. The highest BCUT2D eigenvalue weighted by molar-refractivity contribution is 6.63. The van der Waals surface area contributed by atoms with E-state index in [0.29, 0.717) is 6.54 Å². The number of hydrogen-bond donors (Lipinski definition) is 1. The van der Waals surface area contributed by atoms with Gasteiger partial charge in [-0.2, -0.15) is 5.10 Å². The standard InChI is InChI=1S/C22H40BN3O4/c1-16-18(23-29-21(6,7)22(8,9)30-23)17(2)26(25-16)15-13-11-10-12-14-24-19(27)28-20(3,4)5/h10-15H2,1-9H3,(H,24,27). The van der Waals surface area contributed by atoms with Gasteiger partial charge >= 0.3 is 13.2 Å². The molecule has 1 aliphatic rings. The Morgan fingerprint density at radius 3 is 2.20 bits per heavy atom. The number of amides is 1. The Balaban J connectivity index is 1.76. The molecule has 1 fully saturated rings. The fourth-order valence-electron chi connectivity index (χ4n) is 3.48. The van der Waals surface area contributed by atoms with Crippen LogP contribution in [-0.2, 0) is 20.6 Å². The minimum atomic E-state index is -0.456. The van der Waals surface area contributed by atoms with Crippen LogP contribution in [0.5, 0.6) is 0 Å². The van der Waals surface area contributed by atoms with Gasteiger partial charge in [-0.15, -0.1) is 0 Å². The average Bonchev–Trinajstić information content (AvgIpc) is 2.96. The Bertz CT molecular complexity index is 721. The number of nitrogens with one attached hydrogen (secondary N) is 1. The number of hydrogen-bond acceptors (Lipinski definition) is 5. The second-order valence-electron chi connectivity index (χ2n) is 10.2. The van der Waals surface area contributed by atoms with E-state index in [1.54, 1.807) is 0 Å². The van der Waals surface area contributed by atoms with Crippen LogP contribution in [0.3, 0.4) is 0 Å². The van der Waals surface area contributed by atoms with E-state index in [9.17, 15) is 4.79 Å². The zero-order chi connectivity index (χ0) is 22.7. The highest BCUT2D eigenvalue weighted by atomic mass is 16.7. The molecule has 0 aromatic carbocycles. The Morgan fingerprint density at radius 2 is 1.63 bits per heavy atom. The van der Waals surface area contributed by atoms with Crippen molar-refractivity contribution in [3.8, 4) is 0 Å². The zero-order valence-corrected chi connectivity index (χ0v) is 20.3. The van der Waals surface area contributed by atoms with Crippen molar-refractivity contribution in [1.82, 2.24) is 15.1 Å². The monoisotopic (exact) mass is 421 g/mol. The molecule has 0 radical (unpaired) electrons. The molecule has 1 aliphatic heterocycles. The van der Waals surface area contributed by atoms with E-state index in [0.717, 1.165) is 49.1 Å². The molecule has 8 heteroatoms. The van der Waals surface area contributed by atoms with Gasteiger partial charge in [0.2, 0.25) is 0 Å². The van der Waals surface area contributed by atoms with Gasteiger partial charge in [0, 0.05) is 24.2 Å². The Morgan fingerprint density at radius 1 is 1.07 bits per heavy atom. The molecule has 1 aromatic heterocycles. The van der Waals surface area contributed by atoms with E-state index < -0.39 is 5.60 Å². The summed E-state index contributed by atoms with van der Waals surface area (Å²) < 4.78 is 19.7. The lowest BCUT2D eigenvalue weighted by atomic mass is 9.77. The third-order valence-corrected chi connectivity index (χ3v) is 5.89. The molecule has 1 aromatic rings. The van der Waals surface area contributed by atoms with Crippen molar-refractivity contribution < 1.29 is 18.8 Å². The van der Waals surface area contributed by atoms with Crippen molar-refractivity contribution in [2.45, 2.75) is 111 Å². The van der Waals surface area contributed by atoms with Gasteiger partial charge in [0.25, 0.3) is 0 Å². The molecule has 0 aliphatic carbocycles. The summed E-state index contributed by atoms with van der Waals surface area (Å²) in [6.45, 7) is 19.5. The molecule has 170 valence electrons. The Labute approximate surface area is 182 Å². The lowest BCUT2D eigenvalue weighted by molar-refractivity contribution is 0.00578. The molecule has 1 saturated heterocycles. The fraction of sp³-hybridized carbons (Fsp3) is 0.818. The Hall–Kier alpha value is -1.54. The summed E-state index contributed by atoms with van der Waals surface area (Å²) in [6.07, 6.45) is 3.77. The number of aryl methyl sites for hydroxylation is 2. The molecule has 0 bridgehead atoms. The first-order chi connectivity index (χ1) is 13.7. The summed E-state index contributed by atoms with van der Waals surface area (Å²) in [7, 11) is -0.373. The summed E-state index contributed by atoms with van der Waals surface area (Å²) in [6, 6.07) is 0. The summed E-state index contributed by atoms with van der Waals surface area (Å²) in [5.74, 6) is 0. The summed E-state index contributed by atoms with van der Waals surface area (Å²) in [5, 5.41) is 7.53. The quantitative estimate of drug-likeness (QED) is 0.509. The van der Waals surface area contributed by atoms with Gasteiger partial charge in [-0.3, -0.25) is 4.68 Å². The fourth-order valence-corrected chi connectivity index (χ4v) is 3.48. The molecule has 2 heterocycles. The van der Waals surface area contributed by atoms with Crippen LogP contribution in [0.25, 0.3) is 0 Å². The van der Waals surface area contributed by atoms with Crippen LogP contribution < -0.4 is 10.8 Å². The molecule has 30 heavy (non-hydrogen) atoms. The van der Waals surface area contributed by atoms with Crippen molar-refractivity contribution in [2.75, 3.05) is 6.54 Å². The van der Waals surface area contributed by atoms with E-state index in [1.807, 2.05) is 27.7 Å². The van der Waals surface area contributed by atoms with Gasteiger partial charge in [0.15, 0.2) is 0 Å². The van der Waals surface area contributed by atoms with Crippen molar-refractivity contribution in [3.63, 3.8) is 0 Å². The minimum absolute atomic E-state index is 0.347. The van der Waals surface area contributed by atoms with Crippen LogP contribution in [0.2, 0.25) is 0 Å². The third-order valence-electron chi connectivity index (χ3n) is 5.89. The molecule has 0 unspecified atom stereocenters. The van der Waals surface area contributed by atoms with Crippen LogP contribution in [0.1, 0.15) is 85.5 Å². The maximum atomic E-state index is 11.6. The van der Waals surface area contributed by atoms with Gasteiger partial charge in [-0.25, -0.2) is 4.79 Å². The highest BCUT2D eigenvalue weighted by Gasteiger charge is 2.53. The minimum Gasteiger partial charge on any atom is -0.444 e. The zero-order valence-electron chi connectivity index (χ0n) is 20.3. The smallest absolute Gasteiger partial charge is 0.444 e. The number of carbonyl (C=O) groups excluding carboxylic acids is 1. The number of nitrogens with zero attached hydrogens (tertiary/aromatic N) is 2. The maximum absolute atomic E-state index is 11.6. The number of ether oxygens (including phenoxy) is 1. The highest BCUT2D eigenvalue weighted by Crippen LogP contribution is 2.36. The first-order valence-corrected chi connectivity index (χ1v) is 11.1. The molecule has 1 N–H and O–H groups in total. The SMILES string of the molecule is Cc1nn(CCCCCCNC(=O)OC(C)(C)C)c(C)c1B1OC(C)(C)C(C)(C)O1. The predicted molar refractivity (Wildman–Crippen MR) is 120 cm³/mol. The largest absolute Gasteiger partial charge is 0.498 e. The van der Waals surface area contributed by atoms with E-state index in [1.165, 1.54) is 0 Å². The predicted octanol–water partition coefficient (Wildman–Crippen LogP) is 3.88. The Kier molecular flexibility index (Phi) is 7.67. The second kappa shape index (κ2) is 9.31. The van der Waals surface area contributed by atoms with Gasteiger partial charge in [0.05, 0.1) is 16.9 Å². The molecular weight excluding hydrogens is 381 g/mol. The van der Waals surface area contributed by atoms with Gasteiger partial charge < -0.3 is 19.4 Å². The lowest BCUT2D eigenvalue weighted by Crippen LogP contribution is -2.41. The number of alkyl carbamates (subject to hydrolysis) is 1. The topological polar surface area (TPSA) is 74.6 Å². The molecular formula is C22H40BN3O4. The average molecular weight is 421 g/mol. The molecule has 0 spiro atoms. The maximum Gasteiger partial charge on any atom is 0.498 e. The van der Waals surface area contributed by atoms with Crippen LogP contribution in [0.4, 0.5) is 4.79 Å². The van der Waals surface area contributed by atoms with Gasteiger partial charge in [0.1, 0.15) is 5.60 Å². The lowest BCUT2D eigenvalue weighted by Gasteiger charge is -2.32. The van der Waals surface area contributed by atoms with E-state index in [2.05, 4.69) is 44.6 Å². The second-order valence-corrected chi connectivity index (χ2v) is 10.2. The number of unbranched alkanes of at least 4 members (excludes halogenated alkanes) is 3. The summed E-state index contributed by atoms with van der Waals surface area (Å²) in [4.78, 5) is 11.6. The van der Waals surface area contributed by atoms with Crippen molar-refractivity contribution >= 4 is 18.7 Å². The molecule has 0 atom stereocenters. The number of aromatic nitrogens is 2. The number of carbonyl (C=O) groups is 1. The van der Waals surface area contributed by atoms with Crippen LogP contribution in [-0.4, -0.2) is 46.3 Å². The van der Waals surface area contributed by atoms with E-state index >= 15 is 0 Å². The third kappa shape index (κ3) is 6.23. The van der Waals surface area contributed by atoms with Crippen molar-refractivity contribution in [1.29, 1.82) is 0 Å². The van der Waals surface area contributed by atoms with E-state index in [-0.39, 0.29) is 24.4 Å². The first kappa shape index (κ1) is 24.7. The van der Waals surface area contributed by atoms with Crippen LogP contribution in [0, 0.1) is 13.8 Å². The molecule has 1 amide bonds. The van der Waals surface area contributed by atoms with Gasteiger partial charge in [-0.05, 0) is 75.2 Å². The van der Waals surface area contributed by atoms with E-state index in [4.69, 9.17) is 19.1 Å². The van der Waals surface area contributed by atoms with Gasteiger partial charge in [-0.1, -0.05) is 12.8 Å². The van der Waals surface area contributed by atoms with Crippen LogP contribution >= 0.6 is 0 Å². The first-order valence-electron chi connectivity index (χ1n) is 11.1.